The number of nitrogens with zero attached hydrogens (tertiary/aromatic N) is 1. The first-order valence-corrected chi connectivity index (χ1v) is 8.03. The van der Waals surface area contributed by atoms with Crippen LogP contribution in [0.2, 0.25) is 0 Å². The molecule has 0 aromatic heterocycles. The minimum Gasteiger partial charge on any atom is -0.377 e. The van der Waals surface area contributed by atoms with Crippen molar-refractivity contribution >= 4 is 11.8 Å². The van der Waals surface area contributed by atoms with Crippen molar-refractivity contribution in [3.05, 3.63) is 0 Å². The summed E-state index contributed by atoms with van der Waals surface area (Å²) in [6.07, 6.45) is 7.05. The maximum Gasteiger partial charge on any atom is 0.0777 e. The van der Waals surface area contributed by atoms with E-state index < -0.39 is 0 Å². The van der Waals surface area contributed by atoms with Crippen molar-refractivity contribution in [2.45, 2.75) is 44.2 Å². The summed E-state index contributed by atoms with van der Waals surface area (Å²) in [6, 6.07) is 0.539. The second kappa shape index (κ2) is 7.62. The van der Waals surface area contributed by atoms with Crippen LogP contribution in [0.4, 0.5) is 0 Å². The summed E-state index contributed by atoms with van der Waals surface area (Å²) in [5, 5.41) is 0. The highest BCUT2D eigenvalue weighted by Crippen LogP contribution is 2.26. The molecule has 1 aliphatic rings. The predicted octanol–water partition coefficient (Wildman–Crippen LogP) is 1.96. The van der Waals surface area contributed by atoms with Crippen LogP contribution < -0.4 is 5.73 Å². The van der Waals surface area contributed by atoms with E-state index in [-0.39, 0.29) is 5.60 Å². The third-order valence-electron chi connectivity index (χ3n) is 3.86. The Morgan fingerprint density at radius 1 is 1.53 bits per heavy atom. The van der Waals surface area contributed by atoms with E-state index in [1.807, 2.05) is 18.9 Å². The van der Waals surface area contributed by atoms with Gasteiger partial charge in [0.05, 0.1) is 5.60 Å². The van der Waals surface area contributed by atoms with Gasteiger partial charge in [0.1, 0.15) is 0 Å². The van der Waals surface area contributed by atoms with Crippen molar-refractivity contribution in [1.82, 2.24) is 4.90 Å². The number of ether oxygens (including phenoxy) is 1. The fourth-order valence-electron chi connectivity index (χ4n) is 2.63. The first kappa shape index (κ1) is 15.3. The molecule has 2 unspecified atom stereocenters. The average molecular weight is 260 g/mol. The largest absolute Gasteiger partial charge is 0.377 e. The SMILES string of the molecule is COC1(C)CCCN(C(CN)CCCSC)C1. The van der Waals surface area contributed by atoms with E-state index >= 15 is 0 Å². The van der Waals surface area contributed by atoms with E-state index in [1.165, 1.54) is 38.0 Å². The maximum atomic E-state index is 5.93. The standard InChI is InChI=1S/C13H28N2OS/c1-13(16-2)7-5-8-15(11-13)12(10-14)6-4-9-17-3/h12H,4-11,14H2,1-3H3. The Morgan fingerprint density at radius 2 is 2.29 bits per heavy atom. The van der Waals surface area contributed by atoms with Gasteiger partial charge >= 0.3 is 0 Å². The van der Waals surface area contributed by atoms with E-state index in [1.54, 1.807) is 0 Å². The van der Waals surface area contributed by atoms with E-state index in [4.69, 9.17) is 10.5 Å². The first-order valence-electron chi connectivity index (χ1n) is 6.63. The van der Waals surface area contributed by atoms with Gasteiger partial charge in [-0.25, -0.2) is 0 Å². The third-order valence-corrected chi connectivity index (χ3v) is 4.55. The molecule has 0 radical (unpaired) electrons. The molecule has 102 valence electrons. The Bertz CT molecular complexity index is 216. The summed E-state index contributed by atoms with van der Waals surface area (Å²) in [7, 11) is 1.83. The molecule has 17 heavy (non-hydrogen) atoms. The topological polar surface area (TPSA) is 38.5 Å². The zero-order valence-corrected chi connectivity index (χ0v) is 12.4. The number of hydrogen-bond donors (Lipinski definition) is 1. The molecule has 0 aliphatic carbocycles. The molecule has 0 saturated carbocycles. The van der Waals surface area contributed by atoms with Gasteiger partial charge in [-0.1, -0.05) is 0 Å². The second-order valence-corrected chi connectivity index (χ2v) is 6.24. The number of nitrogens with two attached hydrogens (primary N) is 1. The molecule has 1 fully saturated rings. The van der Waals surface area contributed by atoms with Crippen molar-refractivity contribution in [3.8, 4) is 0 Å². The molecule has 2 N–H and O–H groups in total. The number of rotatable bonds is 7. The van der Waals surface area contributed by atoms with Gasteiger partial charge in [-0.2, -0.15) is 11.8 Å². The lowest BCUT2D eigenvalue weighted by molar-refractivity contribution is -0.0611. The Balaban J connectivity index is 2.44. The fourth-order valence-corrected chi connectivity index (χ4v) is 3.09. The molecule has 0 aromatic rings. The van der Waals surface area contributed by atoms with Crippen LogP contribution in [0, 0.1) is 0 Å². The molecule has 1 rings (SSSR count). The molecular formula is C13H28N2OS. The maximum absolute atomic E-state index is 5.93. The van der Waals surface area contributed by atoms with Gasteiger partial charge < -0.3 is 10.5 Å². The lowest BCUT2D eigenvalue weighted by Gasteiger charge is -2.43. The number of thioether (sulfide) groups is 1. The zero-order valence-electron chi connectivity index (χ0n) is 11.6. The highest BCUT2D eigenvalue weighted by molar-refractivity contribution is 7.98. The van der Waals surface area contributed by atoms with E-state index in [0.29, 0.717) is 6.04 Å². The summed E-state index contributed by atoms with van der Waals surface area (Å²) in [4.78, 5) is 2.54. The predicted molar refractivity (Wildman–Crippen MR) is 76.7 cm³/mol. The molecule has 4 heteroatoms. The van der Waals surface area contributed by atoms with Crippen LogP contribution in [0.15, 0.2) is 0 Å². The van der Waals surface area contributed by atoms with Gasteiger partial charge in [-0.3, -0.25) is 4.90 Å². The van der Waals surface area contributed by atoms with Crippen LogP contribution in [0.25, 0.3) is 0 Å². The van der Waals surface area contributed by atoms with Crippen molar-refractivity contribution in [1.29, 1.82) is 0 Å². The monoisotopic (exact) mass is 260 g/mol. The number of methoxy groups -OCH3 is 1. The van der Waals surface area contributed by atoms with Crippen LogP contribution in [0.5, 0.6) is 0 Å². The van der Waals surface area contributed by atoms with Crippen molar-refractivity contribution in [3.63, 3.8) is 0 Å². The molecule has 1 heterocycles. The van der Waals surface area contributed by atoms with Gasteiger partial charge in [0.25, 0.3) is 0 Å². The lowest BCUT2D eigenvalue weighted by atomic mass is 9.93. The Labute approximate surface area is 110 Å². The molecule has 0 bridgehead atoms. The highest BCUT2D eigenvalue weighted by Gasteiger charge is 2.33. The summed E-state index contributed by atoms with van der Waals surface area (Å²) in [5.74, 6) is 1.24. The minimum absolute atomic E-state index is 0.0329. The van der Waals surface area contributed by atoms with Crippen LogP contribution in [0.1, 0.15) is 32.6 Å². The average Bonchev–Trinajstić information content (AvgIpc) is 2.35. The molecule has 2 atom stereocenters. The van der Waals surface area contributed by atoms with E-state index in [0.717, 1.165) is 13.1 Å². The van der Waals surface area contributed by atoms with Crippen LogP contribution in [-0.2, 0) is 4.74 Å². The quantitative estimate of drug-likeness (QED) is 0.710. The molecule has 3 nitrogen and oxygen atoms in total. The molecule has 0 aromatic carbocycles. The highest BCUT2D eigenvalue weighted by atomic mass is 32.2. The van der Waals surface area contributed by atoms with Gasteiger partial charge in [-0.05, 0) is 51.2 Å². The fraction of sp³-hybridized carbons (Fsp3) is 1.00. The van der Waals surface area contributed by atoms with Gasteiger partial charge in [0, 0.05) is 26.2 Å². The number of piperidine rings is 1. The Hall–Kier alpha value is 0.230. The summed E-state index contributed by atoms with van der Waals surface area (Å²) in [6.45, 7) is 5.20. The van der Waals surface area contributed by atoms with Gasteiger partial charge in [-0.15, -0.1) is 0 Å². The number of likely N-dealkylation sites (tertiary alicyclic amines) is 1. The summed E-state index contributed by atoms with van der Waals surface area (Å²) < 4.78 is 5.64. The molecule has 1 aliphatic heterocycles. The molecular weight excluding hydrogens is 232 g/mol. The Morgan fingerprint density at radius 3 is 2.88 bits per heavy atom. The lowest BCUT2D eigenvalue weighted by Crippen LogP contribution is -2.53. The van der Waals surface area contributed by atoms with Crippen LogP contribution in [0.3, 0.4) is 0 Å². The summed E-state index contributed by atoms with van der Waals surface area (Å²) in [5.41, 5.74) is 5.96. The van der Waals surface area contributed by atoms with Gasteiger partial charge in [0.2, 0.25) is 0 Å². The minimum atomic E-state index is 0.0329. The van der Waals surface area contributed by atoms with Crippen LogP contribution >= 0.6 is 11.8 Å². The van der Waals surface area contributed by atoms with Crippen LogP contribution in [-0.4, -0.2) is 55.3 Å². The van der Waals surface area contributed by atoms with Gasteiger partial charge in [0.15, 0.2) is 0 Å². The third kappa shape index (κ3) is 4.78. The Kier molecular flexibility index (Phi) is 6.85. The van der Waals surface area contributed by atoms with Crippen molar-refractivity contribution in [2.24, 2.45) is 5.73 Å². The zero-order chi connectivity index (χ0) is 12.7. The van der Waals surface area contributed by atoms with E-state index in [9.17, 15) is 0 Å². The second-order valence-electron chi connectivity index (χ2n) is 5.25. The van der Waals surface area contributed by atoms with Crippen molar-refractivity contribution < 1.29 is 4.74 Å². The smallest absolute Gasteiger partial charge is 0.0777 e. The number of hydrogen-bond acceptors (Lipinski definition) is 4. The normalized spacial score (nSPS) is 28.2. The van der Waals surface area contributed by atoms with E-state index in [2.05, 4.69) is 18.1 Å². The molecule has 0 amide bonds. The van der Waals surface area contributed by atoms with Crippen molar-refractivity contribution in [2.75, 3.05) is 38.8 Å². The molecule has 1 saturated heterocycles. The summed E-state index contributed by atoms with van der Waals surface area (Å²) >= 11 is 1.92. The first-order chi connectivity index (χ1) is 8.15. The molecule has 0 spiro atoms.